The van der Waals surface area contributed by atoms with Crippen LogP contribution in [0.2, 0.25) is 0 Å². The molecule has 0 aromatic carbocycles. The SMILES string of the molecule is CN1CCC(c2cc(C(F)(F)F)n3ccnc3n2)CC1. The van der Waals surface area contributed by atoms with Crippen LogP contribution in [0.4, 0.5) is 13.2 Å². The van der Waals surface area contributed by atoms with Gasteiger partial charge in [-0.1, -0.05) is 0 Å². The second-order valence-corrected chi connectivity index (χ2v) is 5.24. The zero-order valence-corrected chi connectivity index (χ0v) is 11.1. The molecule has 0 bridgehead atoms. The quantitative estimate of drug-likeness (QED) is 0.807. The van der Waals surface area contributed by atoms with Gasteiger partial charge in [0.2, 0.25) is 5.78 Å². The summed E-state index contributed by atoms with van der Waals surface area (Å²) in [6, 6.07) is 1.17. The van der Waals surface area contributed by atoms with E-state index >= 15 is 0 Å². The van der Waals surface area contributed by atoms with E-state index in [0.29, 0.717) is 5.69 Å². The lowest BCUT2D eigenvalue weighted by atomic mass is 9.93. The number of hydrogen-bond acceptors (Lipinski definition) is 3. The summed E-state index contributed by atoms with van der Waals surface area (Å²) in [7, 11) is 2.02. The highest BCUT2D eigenvalue weighted by Gasteiger charge is 2.35. The molecule has 20 heavy (non-hydrogen) atoms. The van der Waals surface area contributed by atoms with Gasteiger partial charge in [0.25, 0.3) is 0 Å². The van der Waals surface area contributed by atoms with Crippen LogP contribution < -0.4 is 0 Å². The second-order valence-electron chi connectivity index (χ2n) is 5.24. The number of imidazole rings is 1. The first-order valence-electron chi connectivity index (χ1n) is 6.55. The molecule has 1 saturated heterocycles. The number of nitrogens with zero attached hydrogens (tertiary/aromatic N) is 4. The molecule has 2 aromatic rings. The molecule has 3 heterocycles. The molecule has 1 aliphatic heterocycles. The Morgan fingerprint density at radius 2 is 1.95 bits per heavy atom. The minimum Gasteiger partial charge on any atom is -0.306 e. The molecule has 0 N–H and O–H groups in total. The first-order valence-corrected chi connectivity index (χ1v) is 6.55. The van der Waals surface area contributed by atoms with Gasteiger partial charge in [-0.2, -0.15) is 13.2 Å². The van der Waals surface area contributed by atoms with Gasteiger partial charge in [0, 0.05) is 24.0 Å². The van der Waals surface area contributed by atoms with Crippen molar-refractivity contribution in [3.8, 4) is 0 Å². The van der Waals surface area contributed by atoms with E-state index in [9.17, 15) is 13.2 Å². The number of halogens is 3. The molecule has 1 fully saturated rings. The Labute approximate surface area is 114 Å². The fraction of sp³-hybridized carbons (Fsp3) is 0.538. The van der Waals surface area contributed by atoms with Crippen LogP contribution in [0.1, 0.15) is 30.1 Å². The van der Waals surface area contributed by atoms with Gasteiger partial charge in [0.05, 0.1) is 0 Å². The third-order valence-corrected chi connectivity index (χ3v) is 3.82. The van der Waals surface area contributed by atoms with Gasteiger partial charge in [-0.05, 0) is 39.0 Å². The molecule has 4 nitrogen and oxygen atoms in total. The molecular weight excluding hydrogens is 269 g/mol. The Morgan fingerprint density at radius 1 is 1.25 bits per heavy atom. The summed E-state index contributed by atoms with van der Waals surface area (Å²) in [6.07, 6.45) is -0.100. The fourth-order valence-electron chi connectivity index (χ4n) is 2.66. The van der Waals surface area contributed by atoms with E-state index in [4.69, 9.17) is 0 Å². The topological polar surface area (TPSA) is 33.4 Å². The minimum atomic E-state index is -4.40. The van der Waals surface area contributed by atoms with Gasteiger partial charge in [0.1, 0.15) is 5.69 Å². The summed E-state index contributed by atoms with van der Waals surface area (Å²) in [5.74, 6) is 0.197. The number of rotatable bonds is 1. The smallest absolute Gasteiger partial charge is 0.306 e. The summed E-state index contributed by atoms with van der Waals surface area (Å²) < 4.78 is 40.4. The van der Waals surface area contributed by atoms with Gasteiger partial charge in [-0.25, -0.2) is 9.97 Å². The summed E-state index contributed by atoms with van der Waals surface area (Å²) in [5.41, 5.74) is -0.196. The van der Waals surface area contributed by atoms with Crippen LogP contribution in [0.25, 0.3) is 5.78 Å². The minimum absolute atomic E-state index is 0.0778. The van der Waals surface area contributed by atoms with Gasteiger partial charge in [-0.3, -0.25) is 4.40 Å². The normalized spacial score (nSPS) is 18.8. The van der Waals surface area contributed by atoms with Crippen LogP contribution in [0.15, 0.2) is 18.5 Å². The molecule has 0 amide bonds. The van der Waals surface area contributed by atoms with Crippen molar-refractivity contribution in [2.45, 2.75) is 24.9 Å². The maximum Gasteiger partial charge on any atom is 0.431 e. The summed E-state index contributed by atoms with van der Waals surface area (Å²) >= 11 is 0. The van der Waals surface area contributed by atoms with Crippen LogP contribution in [0.5, 0.6) is 0 Å². The first-order chi connectivity index (χ1) is 9.45. The van der Waals surface area contributed by atoms with Gasteiger partial charge in [-0.15, -0.1) is 0 Å². The van der Waals surface area contributed by atoms with Gasteiger partial charge in [0.15, 0.2) is 0 Å². The average Bonchev–Trinajstić information content (AvgIpc) is 2.85. The Morgan fingerprint density at radius 3 is 2.60 bits per heavy atom. The third-order valence-electron chi connectivity index (χ3n) is 3.82. The molecule has 1 aliphatic rings. The fourth-order valence-corrected chi connectivity index (χ4v) is 2.66. The Hall–Kier alpha value is -1.63. The van der Waals surface area contributed by atoms with E-state index in [0.717, 1.165) is 30.3 Å². The predicted octanol–water partition coefficient (Wildman–Crippen LogP) is 2.56. The Bertz CT molecular complexity index is 612. The van der Waals surface area contributed by atoms with Crippen LogP contribution in [-0.2, 0) is 6.18 Å². The van der Waals surface area contributed by atoms with Crippen molar-refractivity contribution in [1.29, 1.82) is 0 Å². The zero-order valence-electron chi connectivity index (χ0n) is 11.1. The molecule has 7 heteroatoms. The van der Waals surface area contributed by atoms with E-state index in [1.807, 2.05) is 7.05 Å². The molecule has 0 spiro atoms. The molecule has 108 valence electrons. The predicted molar refractivity (Wildman–Crippen MR) is 67.5 cm³/mol. The van der Waals surface area contributed by atoms with Crippen molar-refractivity contribution in [2.75, 3.05) is 20.1 Å². The van der Waals surface area contributed by atoms with Crippen LogP contribution >= 0.6 is 0 Å². The lowest BCUT2D eigenvalue weighted by molar-refractivity contribution is -0.142. The standard InChI is InChI=1S/C13H15F3N4/c1-19-5-2-9(3-6-19)10-8-11(13(14,15)16)20-7-4-17-12(20)18-10/h4,7-9H,2-3,5-6H2,1H3. The van der Waals surface area contributed by atoms with E-state index in [-0.39, 0.29) is 11.7 Å². The molecule has 0 unspecified atom stereocenters. The molecule has 0 radical (unpaired) electrons. The largest absolute Gasteiger partial charge is 0.431 e. The van der Waals surface area contributed by atoms with Crippen molar-refractivity contribution in [3.05, 3.63) is 29.8 Å². The van der Waals surface area contributed by atoms with Gasteiger partial charge >= 0.3 is 6.18 Å². The highest BCUT2D eigenvalue weighted by Crippen LogP contribution is 2.33. The number of aromatic nitrogens is 3. The second kappa shape index (κ2) is 4.73. The van der Waals surface area contributed by atoms with E-state index < -0.39 is 11.9 Å². The van der Waals surface area contributed by atoms with E-state index in [1.165, 1.54) is 18.5 Å². The molecular formula is C13H15F3N4. The number of alkyl halides is 3. The van der Waals surface area contributed by atoms with Crippen molar-refractivity contribution in [2.24, 2.45) is 0 Å². The van der Waals surface area contributed by atoms with Crippen LogP contribution in [-0.4, -0.2) is 39.4 Å². The highest BCUT2D eigenvalue weighted by molar-refractivity contribution is 5.35. The highest BCUT2D eigenvalue weighted by atomic mass is 19.4. The maximum absolute atomic E-state index is 13.1. The van der Waals surface area contributed by atoms with E-state index in [1.54, 1.807) is 0 Å². The summed E-state index contributed by atoms with van der Waals surface area (Å²) in [5, 5.41) is 0. The summed E-state index contributed by atoms with van der Waals surface area (Å²) in [6.45, 7) is 1.76. The molecule has 3 rings (SSSR count). The third kappa shape index (κ3) is 2.37. The molecule has 2 aromatic heterocycles. The van der Waals surface area contributed by atoms with Gasteiger partial charge < -0.3 is 4.90 Å². The average molecular weight is 284 g/mol. The Balaban J connectivity index is 2.04. The van der Waals surface area contributed by atoms with Crippen LogP contribution in [0, 0.1) is 0 Å². The van der Waals surface area contributed by atoms with Crippen LogP contribution in [0.3, 0.4) is 0 Å². The lowest BCUT2D eigenvalue weighted by Gasteiger charge is -2.28. The number of piperidine rings is 1. The van der Waals surface area contributed by atoms with Crippen molar-refractivity contribution in [1.82, 2.24) is 19.3 Å². The Kier molecular flexibility index (Phi) is 3.16. The number of fused-ring (bicyclic) bond motifs is 1. The number of hydrogen-bond donors (Lipinski definition) is 0. The molecule has 0 aliphatic carbocycles. The maximum atomic E-state index is 13.1. The summed E-state index contributed by atoms with van der Waals surface area (Å²) in [4.78, 5) is 10.4. The molecule has 0 atom stereocenters. The first kappa shape index (κ1) is 13.4. The number of likely N-dealkylation sites (tertiary alicyclic amines) is 1. The van der Waals surface area contributed by atoms with Crippen molar-refractivity contribution < 1.29 is 13.2 Å². The van der Waals surface area contributed by atoms with Crippen molar-refractivity contribution in [3.63, 3.8) is 0 Å². The zero-order chi connectivity index (χ0) is 14.3. The molecule has 0 saturated carbocycles. The van der Waals surface area contributed by atoms with Crippen molar-refractivity contribution >= 4 is 5.78 Å². The monoisotopic (exact) mass is 284 g/mol. The lowest BCUT2D eigenvalue weighted by Crippen LogP contribution is -2.29. The van der Waals surface area contributed by atoms with E-state index in [2.05, 4.69) is 14.9 Å².